The molecule has 3 nitrogen and oxygen atoms in total. The zero-order valence-electron chi connectivity index (χ0n) is 9.54. The third-order valence-corrected chi connectivity index (χ3v) is 2.00. The topological polar surface area (TPSA) is 35.5 Å². The standard InChI is InChI=1S/C12H14F2O3/c1-2-3-6-16-12(15)8-17-11-5-4-9(13)7-10(11)14/h4-5,7H,2-3,6,8H2,1H3. The summed E-state index contributed by atoms with van der Waals surface area (Å²) in [5.41, 5.74) is 0. The lowest BCUT2D eigenvalue weighted by atomic mass is 10.3. The van der Waals surface area contributed by atoms with Gasteiger partial charge in [0.25, 0.3) is 0 Å². The second-order valence-corrected chi connectivity index (χ2v) is 3.44. The highest BCUT2D eigenvalue weighted by Crippen LogP contribution is 2.17. The molecule has 1 rings (SSSR count). The van der Waals surface area contributed by atoms with Gasteiger partial charge in [0.15, 0.2) is 18.2 Å². The summed E-state index contributed by atoms with van der Waals surface area (Å²) in [6, 6.07) is 2.88. The first-order valence-electron chi connectivity index (χ1n) is 5.37. The minimum atomic E-state index is -0.841. The maximum Gasteiger partial charge on any atom is 0.344 e. The average molecular weight is 244 g/mol. The van der Waals surface area contributed by atoms with Gasteiger partial charge in [0, 0.05) is 6.07 Å². The van der Waals surface area contributed by atoms with Crippen LogP contribution in [0.3, 0.4) is 0 Å². The van der Waals surface area contributed by atoms with Crippen molar-refractivity contribution in [3.63, 3.8) is 0 Å². The van der Waals surface area contributed by atoms with E-state index in [0.717, 1.165) is 25.0 Å². The van der Waals surface area contributed by atoms with Crippen LogP contribution in [0.15, 0.2) is 18.2 Å². The van der Waals surface area contributed by atoms with Gasteiger partial charge in [0.1, 0.15) is 5.82 Å². The molecule has 5 heteroatoms. The highest BCUT2D eigenvalue weighted by atomic mass is 19.1. The van der Waals surface area contributed by atoms with Crippen LogP contribution >= 0.6 is 0 Å². The Kier molecular flexibility index (Phi) is 5.39. The van der Waals surface area contributed by atoms with Crippen molar-refractivity contribution in [3.8, 4) is 5.75 Å². The summed E-state index contributed by atoms with van der Waals surface area (Å²) in [5, 5.41) is 0. The highest BCUT2D eigenvalue weighted by Gasteiger charge is 2.08. The molecule has 0 bridgehead atoms. The summed E-state index contributed by atoms with van der Waals surface area (Å²) in [6.07, 6.45) is 1.69. The molecule has 94 valence electrons. The van der Waals surface area contributed by atoms with Crippen LogP contribution in [0.25, 0.3) is 0 Å². The summed E-state index contributed by atoms with van der Waals surface area (Å²) in [5.74, 6) is -2.27. The predicted molar refractivity (Wildman–Crippen MR) is 57.7 cm³/mol. The third kappa shape index (κ3) is 4.80. The molecule has 0 aromatic heterocycles. The fourth-order valence-corrected chi connectivity index (χ4v) is 1.10. The van der Waals surface area contributed by atoms with E-state index >= 15 is 0 Å². The summed E-state index contributed by atoms with van der Waals surface area (Å²) in [4.78, 5) is 11.1. The number of benzene rings is 1. The first-order chi connectivity index (χ1) is 8.13. The van der Waals surface area contributed by atoms with Gasteiger partial charge in [0.05, 0.1) is 6.61 Å². The van der Waals surface area contributed by atoms with Gasteiger partial charge in [-0.05, 0) is 18.6 Å². The van der Waals surface area contributed by atoms with Crippen molar-refractivity contribution < 1.29 is 23.0 Å². The van der Waals surface area contributed by atoms with Crippen molar-refractivity contribution in [1.82, 2.24) is 0 Å². The molecule has 0 aliphatic heterocycles. The average Bonchev–Trinajstić information content (AvgIpc) is 2.28. The molecule has 1 aromatic carbocycles. The van der Waals surface area contributed by atoms with Crippen LogP contribution in [0.5, 0.6) is 5.75 Å². The van der Waals surface area contributed by atoms with Crippen LogP contribution < -0.4 is 4.74 Å². The van der Waals surface area contributed by atoms with Crippen molar-refractivity contribution in [2.45, 2.75) is 19.8 Å². The van der Waals surface area contributed by atoms with Gasteiger partial charge < -0.3 is 9.47 Å². The van der Waals surface area contributed by atoms with Crippen LogP contribution in [0.1, 0.15) is 19.8 Å². The van der Waals surface area contributed by atoms with Crippen LogP contribution in [0, 0.1) is 11.6 Å². The maximum absolute atomic E-state index is 13.1. The van der Waals surface area contributed by atoms with Crippen LogP contribution in [-0.4, -0.2) is 19.2 Å². The van der Waals surface area contributed by atoms with Gasteiger partial charge in [-0.2, -0.15) is 0 Å². The van der Waals surface area contributed by atoms with Crippen LogP contribution in [0.4, 0.5) is 8.78 Å². The fraction of sp³-hybridized carbons (Fsp3) is 0.417. The molecule has 0 fully saturated rings. The minimum Gasteiger partial charge on any atom is -0.479 e. The molecule has 0 unspecified atom stereocenters. The smallest absolute Gasteiger partial charge is 0.344 e. The summed E-state index contributed by atoms with van der Waals surface area (Å²) < 4.78 is 35.3. The first kappa shape index (κ1) is 13.4. The molecule has 0 spiro atoms. The monoisotopic (exact) mass is 244 g/mol. The third-order valence-electron chi connectivity index (χ3n) is 2.00. The van der Waals surface area contributed by atoms with Crippen molar-refractivity contribution in [2.75, 3.05) is 13.2 Å². The molecule has 17 heavy (non-hydrogen) atoms. The minimum absolute atomic E-state index is 0.168. The Bertz CT molecular complexity index is 380. The Morgan fingerprint density at radius 3 is 2.76 bits per heavy atom. The molecule has 0 aliphatic carbocycles. The lowest BCUT2D eigenvalue weighted by molar-refractivity contribution is -0.146. The molecular weight excluding hydrogens is 230 g/mol. The summed E-state index contributed by atoms with van der Waals surface area (Å²) in [6.45, 7) is 1.91. The molecule has 0 aliphatic rings. The lowest BCUT2D eigenvalue weighted by Gasteiger charge is -2.07. The second kappa shape index (κ2) is 6.83. The molecule has 0 saturated carbocycles. The Morgan fingerprint density at radius 1 is 1.35 bits per heavy atom. The molecule has 0 amide bonds. The number of carbonyl (C=O) groups excluding carboxylic acids is 1. The lowest BCUT2D eigenvalue weighted by Crippen LogP contribution is -2.15. The Hall–Kier alpha value is -1.65. The van der Waals surface area contributed by atoms with Crippen molar-refractivity contribution >= 4 is 5.97 Å². The van der Waals surface area contributed by atoms with E-state index in [0.29, 0.717) is 12.7 Å². The Labute approximate surface area is 98.3 Å². The van der Waals surface area contributed by atoms with Gasteiger partial charge >= 0.3 is 5.97 Å². The molecule has 0 N–H and O–H groups in total. The van der Waals surface area contributed by atoms with Crippen LogP contribution in [-0.2, 0) is 9.53 Å². The quantitative estimate of drug-likeness (QED) is 0.570. The number of hydrogen-bond acceptors (Lipinski definition) is 3. The molecule has 1 aromatic rings. The first-order valence-corrected chi connectivity index (χ1v) is 5.37. The molecule has 0 radical (unpaired) electrons. The van der Waals surface area contributed by atoms with Gasteiger partial charge in [-0.1, -0.05) is 13.3 Å². The number of rotatable bonds is 6. The SMILES string of the molecule is CCCCOC(=O)COc1ccc(F)cc1F. The van der Waals surface area contributed by atoms with E-state index in [1.807, 2.05) is 6.92 Å². The number of ether oxygens (including phenoxy) is 2. The van der Waals surface area contributed by atoms with Gasteiger partial charge in [-0.3, -0.25) is 0 Å². The number of halogens is 2. The summed E-state index contributed by atoms with van der Waals surface area (Å²) in [7, 11) is 0. The van der Waals surface area contributed by atoms with Gasteiger partial charge in [0.2, 0.25) is 0 Å². The second-order valence-electron chi connectivity index (χ2n) is 3.44. The number of esters is 1. The molecule has 0 heterocycles. The highest BCUT2D eigenvalue weighted by molar-refractivity contribution is 5.71. The predicted octanol–water partition coefficient (Wildman–Crippen LogP) is 2.69. The summed E-state index contributed by atoms with van der Waals surface area (Å²) >= 11 is 0. The zero-order chi connectivity index (χ0) is 12.7. The van der Waals surface area contributed by atoms with Crippen LogP contribution in [0.2, 0.25) is 0 Å². The van der Waals surface area contributed by atoms with Crippen molar-refractivity contribution in [3.05, 3.63) is 29.8 Å². The molecular formula is C12H14F2O3. The van der Waals surface area contributed by atoms with E-state index in [2.05, 4.69) is 0 Å². The van der Waals surface area contributed by atoms with Gasteiger partial charge in [-0.25, -0.2) is 13.6 Å². The van der Waals surface area contributed by atoms with E-state index in [1.54, 1.807) is 0 Å². The number of unbranched alkanes of at least 4 members (excludes halogenated alkanes) is 1. The normalized spacial score (nSPS) is 10.1. The molecule has 0 atom stereocenters. The van der Waals surface area contributed by atoms with E-state index in [1.165, 1.54) is 0 Å². The van der Waals surface area contributed by atoms with E-state index in [9.17, 15) is 13.6 Å². The van der Waals surface area contributed by atoms with Gasteiger partial charge in [-0.15, -0.1) is 0 Å². The Balaban J connectivity index is 2.37. The Morgan fingerprint density at radius 2 is 2.12 bits per heavy atom. The number of carbonyl (C=O) groups is 1. The van der Waals surface area contributed by atoms with E-state index in [-0.39, 0.29) is 12.4 Å². The van der Waals surface area contributed by atoms with E-state index in [4.69, 9.17) is 9.47 Å². The number of hydrogen-bond donors (Lipinski definition) is 0. The van der Waals surface area contributed by atoms with Crippen molar-refractivity contribution in [1.29, 1.82) is 0 Å². The maximum atomic E-state index is 13.1. The molecule has 0 saturated heterocycles. The van der Waals surface area contributed by atoms with E-state index < -0.39 is 17.6 Å². The largest absolute Gasteiger partial charge is 0.479 e. The fourth-order valence-electron chi connectivity index (χ4n) is 1.10. The zero-order valence-corrected chi connectivity index (χ0v) is 9.54. The van der Waals surface area contributed by atoms with Crippen molar-refractivity contribution in [2.24, 2.45) is 0 Å².